The zero-order valence-corrected chi connectivity index (χ0v) is 19.5. The van der Waals surface area contributed by atoms with Crippen molar-refractivity contribution in [3.05, 3.63) is 30.5 Å². The lowest BCUT2D eigenvalue weighted by molar-refractivity contribution is 0.199. The molecule has 2 heterocycles. The number of likely N-dealkylation sites (N-methyl/N-ethyl adjacent to an activating group) is 1. The number of carbonyl (C=O) groups excluding carboxylic acids is 1. The monoisotopic (exact) mass is 499 g/mol. The number of nitrogen functional groups attached to an aromatic ring is 1. The molecule has 0 radical (unpaired) electrons. The number of hydrogen-bond acceptors (Lipinski definition) is 10. The first-order chi connectivity index (χ1) is 15.5. The van der Waals surface area contributed by atoms with Gasteiger partial charge in [-0.25, -0.2) is 36.7 Å². The van der Waals surface area contributed by atoms with Gasteiger partial charge in [-0.05, 0) is 19.2 Å². The summed E-state index contributed by atoms with van der Waals surface area (Å²) in [5.74, 6) is -0.906. The third kappa shape index (κ3) is 6.58. The molecule has 1 aromatic carbocycles. The van der Waals surface area contributed by atoms with E-state index in [1.54, 1.807) is 12.1 Å². The Labute approximate surface area is 191 Å². The van der Waals surface area contributed by atoms with Crippen LogP contribution in [0.5, 0.6) is 5.88 Å². The Morgan fingerprint density at radius 2 is 1.76 bits per heavy atom. The first-order valence-electron chi connectivity index (χ1n) is 9.83. The maximum atomic E-state index is 12.9. The van der Waals surface area contributed by atoms with Crippen LogP contribution < -0.4 is 20.9 Å². The molecule has 0 spiro atoms. The van der Waals surface area contributed by atoms with E-state index in [1.807, 2.05) is 7.05 Å². The van der Waals surface area contributed by atoms with E-state index in [-0.39, 0.29) is 23.1 Å². The Bertz CT molecular complexity index is 1210. The van der Waals surface area contributed by atoms with Crippen LogP contribution in [0.25, 0.3) is 11.3 Å². The number of primary sulfonamides is 1. The van der Waals surface area contributed by atoms with Gasteiger partial charge in [-0.1, -0.05) is 12.1 Å². The number of nitrogens with zero attached hydrogens (tertiary/aromatic N) is 4. The SMILES string of the molecule is CN1CCN(S(=O)(=O)c2ccc(-c3cnc(N)c(OC(=O)NCCS(N)(=O)=O)n3)cc2)CC1. The van der Waals surface area contributed by atoms with Crippen molar-refractivity contribution in [2.45, 2.75) is 4.90 Å². The number of nitrogens with one attached hydrogen (secondary N) is 1. The molecule has 1 aromatic heterocycles. The molecule has 2 aromatic rings. The number of amides is 1. The second-order valence-electron chi connectivity index (χ2n) is 7.36. The van der Waals surface area contributed by atoms with Gasteiger partial charge in [-0.3, -0.25) is 0 Å². The molecular formula is C18H25N7O6S2. The predicted molar refractivity (Wildman–Crippen MR) is 120 cm³/mol. The summed E-state index contributed by atoms with van der Waals surface area (Å²) in [6.07, 6.45) is 0.371. The molecule has 33 heavy (non-hydrogen) atoms. The van der Waals surface area contributed by atoms with Crippen LogP contribution in [0.2, 0.25) is 0 Å². The largest absolute Gasteiger partial charge is 0.414 e. The van der Waals surface area contributed by atoms with E-state index in [0.717, 1.165) is 0 Å². The molecule has 0 atom stereocenters. The Balaban J connectivity index is 1.71. The van der Waals surface area contributed by atoms with Crippen LogP contribution in [-0.2, 0) is 20.0 Å². The molecule has 0 aliphatic carbocycles. The second kappa shape index (κ2) is 9.96. The Morgan fingerprint density at radius 1 is 1.12 bits per heavy atom. The number of sulfonamides is 2. The minimum Gasteiger partial charge on any atom is -0.387 e. The van der Waals surface area contributed by atoms with Crippen LogP contribution in [-0.4, -0.2) is 87.6 Å². The molecular weight excluding hydrogens is 474 g/mol. The lowest BCUT2D eigenvalue weighted by Gasteiger charge is -2.31. The molecule has 3 rings (SSSR count). The van der Waals surface area contributed by atoms with E-state index in [0.29, 0.717) is 37.4 Å². The number of nitrogens with two attached hydrogens (primary N) is 2. The highest BCUT2D eigenvalue weighted by molar-refractivity contribution is 7.89. The van der Waals surface area contributed by atoms with Crippen LogP contribution >= 0.6 is 0 Å². The minimum absolute atomic E-state index is 0.157. The average Bonchev–Trinajstić information content (AvgIpc) is 2.75. The van der Waals surface area contributed by atoms with Gasteiger partial charge in [0.25, 0.3) is 5.88 Å². The Morgan fingerprint density at radius 3 is 2.36 bits per heavy atom. The molecule has 15 heteroatoms. The summed E-state index contributed by atoms with van der Waals surface area (Å²) in [4.78, 5) is 22.2. The van der Waals surface area contributed by atoms with E-state index in [9.17, 15) is 21.6 Å². The van der Waals surface area contributed by atoms with Crippen molar-refractivity contribution in [3.63, 3.8) is 0 Å². The summed E-state index contributed by atoms with van der Waals surface area (Å²) in [6.45, 7) is 1.91. The normalized spacial score (nSPS) is 15.8. The zero-order chi connectivity index (χ0) is 24.2. The van der Waals surface area contributed by atoms with Crippen molar-refractivity contribution < 1.29 is 26.4 Å². The smallest absolute Gasteiger partial charge is 0.387 e. The van der Waals surface area contributed by atoms with Gasteiger partial charge in [0.1, 0.15) is 0 Å². The standard InChI is InChI=1S/C18H25N7O6S2/c1-24-7-9-25(10-8-24)33(29,30)14-4-2-13(3-5-14)15-12-22-16(19)17(23-15)31-18(26)21-6-11-32(20,27)28/h2-5,12H,6-11H2,1H3,(H2,19,22)(H,21,26)(H2,20,27,28). The topological polar surface area (TPSA) is 191 Å². The number of benzene rings is 1. The van der Waals surface area contributed by atoms with Gasteiger partial charge in [-0.15, -0.1) is 0 Å². The Kier molecular flexibility index (Phi) is 7.48. The van der Waals surface area contributed by atoms with Crippen molar-refractivity contribution in [3.8, 4) is 17.1 Å². The summed E-state index contributed by atoms with van der Waals surface area (Å²) in [6, 6.07) is 6.08. The number of rotatable bonds is 7. The van der Waals surface area contributed by atoms with E-state index in [2.05, 4.69) is 20.2 Å². The minimum atomic E-state index is -3.74. The van der Waals surface area contributed by atoms with Crippen LogP contribution in [0.15, 0.2) is 35.4 Å². The van der Waals surface area contributed by atoms with Gasteiger partial charge >= 0.3 is 6.09 Å². The van der Waals surface area contributed by atoms with E-state index >= 15 is 0 Å². The van der Waals surface area contributed by atoms with Gasteiger partial charge in [0.15, 0.2) is 5.82 Å². The quantitative estimate of drug-likeness (QED) is 0.427. The molecule has 13 nitrogen and oxygen atoms in total. The number of piperazine rings is 1. The molecule has 5 N–H and O–H groups in total. The van der Waals surface area contributed by atoms with Gasteiger partial charge in [-0.2, -0.15) is 4.31 Å². The fourth-order valence-corrected chi connectivity index (χ4v) is 4.80. The number of aromatic nitrogens is 2. The average molecular weight is 500 g/mol. The maximum Gasteiger partial charge on any atom is 0.414 e. The van der Waals surface area contributed by atoms with E-state index in [4.69, 9.17) is 15.6 Å². The molecule has 0 unspecified atom stereocenters. The van der Waals surface area contributed by atoms with Crippen LogP contribution in [0.3, 0.4) is 0 Å². The number of hydrogen-bond donors (Lipinski definition) is 3. The highest BCUT2D eigenvalue weighted by Gasteiger charge is 2.27. The maximum absolute atomic E-state index is 12.9. The summed E-state index contributed by atoms with van der Waals surface area (Å²) >= 11 is 0. The van der Waals surface area contributed by atoms with Crippen molar-refractivity contribution in [1.29, 1.82) is 0 Å². The third-order valence-electron chi connectivity index (χ3n) is 4.86. The molecule has 1 saturated heterocycles. The predicted octanol–water partition coefficient (Wildman–Crippen LogP) is -0.961. The van der Waals surface area contributed by atoms with Crippen molar-refractivity contribution >= 4 is 32.0 Å². The third-order valence-corrected chi connectivity index (χ3v) is 7.55. The Hall–Kier alpha value is -2.85. The molecule has 0 saturated carbocycles. The van der Waals surface area contributed by atoms with Crippen molar-refractivity contribution in [1.82, 2.24) is 24.5 Å². The lowest BCUT2D eigenvalue weighted by atomic mass is 10.2. The first-order valence-corrected chi connectivity index (χ1v) is 13.0. The molecule has 1 aliphatic rings. The van der Waals surface area contributed by atoms with Crippen LogP contribution in [0, 0.1) is 0 Å². The fourth-order valence-electron chi connectivity index (χ4n) is 2.99. The van der Waals surface area contributed by atoms with Gasteiger partial charge in [0.2, 0.25) is 20.0 Å². The molecule has 180 valence electrons. The highest BCUT2D eigenvalue weighted by Crippen LogP contribution is 2.25. The van der Waals surface area contributed by atoms with E-state index in [1.165, 1.54) is 22.6 Å². The fraction of sp³-hybridized carbons (Fsp3) is 0.389. The van der Waals surface area contributed by atoms with Crippen molar-refractivity contribution in [2.75, 3.05) is 51.3 Å². The van der Waals surface area contributed by atoms with Gasteiger partial charge < -0.3 is 20.7 Å². The molecule has 0 bridgehead atoms. The highest BCUT2D eigenvalue weighted by atomic mass is 32.2. The second-order valence-corrected chi connectivity index (χ2v) is 11.0. The number of carbonyl (C=O) groups is 1. The molecule has 1 aliphatic heterocycles. The van der Waals surface area contributed by atoms with Gasteiger partial charge in [0, 0.05) is 38.3 Å². The number of ether oxygens (including phenoxy) is 1. The van der Waals surface area contributed by atoms with Crippen LogP contribution in [0.1, 0.15) is 0 Å². The summed E-state index contributed by atoms with van der Waals surface area (Å²) in [7, 11) is -5.41. The summed E-state index contributed by atoms with van der Waals surface area (Å²) in [5.41, 5.74) is 6.52. The number of anilines is 1. The van der Waals surface area contributed by atoms with E-state index < -0.39 is 31.9 Å². The van der Waals surface area contributed by atoms with Gasteiger partial charge in [0.05, 0.1) is 22.5 Å². The molecule has 1 amide bonds. The van der Waals surface area contributed by atoms with Crippen molar-refractivity contribution in [2.24, 2.45) is 5.14 Å². The lowest BCUT2D eigenvalue weighted by Crippen LogP contribution is -2.46. The summed E-state index contributed by atoms with van der Waals surface area (Å²) in [5, 5.41) is 7.08. The first kappa shape index (κ1) is 24.8. The summed E-state index contributed by atoms with van der Waals surface area (Å²) < 4.78 is 54.0. The zero-order valence-electron chi connectivity index (χ0n) is 17.8. The van der Waals surface area contributed by atoms with Crippen LogP contribution in [0.4, 0.5) is 10.6 Å². The molecule has 1 fully saturated rings.